The van der Waals surface area contributed by atoms with E-state index < -0.39 is 0 Å². The highest BCUT2D eigenvalue weighted by Gasteiger charge is 2.25. The third kappa shape index (κ3) is 5.44. The van der Waals surface area contributed by atoms with Crippen molar-refractivity contribution in [3.8, 4) is 0 Å². The van der Waals surface area contributed by atoms with E-state index in [4.69, 9.17) is 0 Å². The molecule has 1 unspecified atom stereocenters. The maximum Gasteiger partial charge on any atom is 0.223 e. The fourth-order valence-corrected chi connectivity index (χ4v) is 4.69. The van der Waals surface area contributed by atoms with Gasteiger partial charge in [0.05, 0.1) is 0 Å². The highest BCUT2D eigenvalue weighted by Crippen LogP contribution is 2.33. The molecule has 1 aromatic rings. The van der Waals surface area contributed by atoms with E-state index in [2.05, 4.69) is 40.6 Å². The lowest BCUT2D eigenvalue weighted by Gasteiger charge is -2.31. The molecule has 1 amide bonds. The Labute approximate surface area is 154 Å². The first-order valence-corrected chi connectivity index (χ1v) is 9.86. The van der Waals surface area contributed by atoms with Gasteiger partial charge in [0.2, 0.25) is 5.91 Å². The van der Waals surface area contributed by atoms with Crippen molar-refractivity contribution in [1.29, 1.82) is 0 Å². The molecule has 0 saturated carbocycles. The Hall–Kier alpha value is -1.59. The van der Waals surface area contributed by atoms with Crippen LogP contribution >= 0.6 is 11.9 Å². The number of piperidine rings is 1. The van der Waals surface area contributed by atoms with E-state index in [9.17, 15) is 4.79 Å². The highest BCUT2D eigenvalue weighted by molar-refractivity contribution is 8.01. The highest BCUT2D eigenvalue weighted by atomic mass is 32.2. The number of nitrogens with one attached hydrogen (secondary N) is 1. The Balaban J connectivity index is 1.43. The molecule has 1 fully saturated rings. The van der Waals surface area contributed by atoms with Gasteiger partial charge in [-0.1, -0.05) is 24.6 Å². The maximum absolute atomic E-state index is 12.4. The third-order valence-corrected chi connectivity index (χ3v) is 5.82. The molecule has 0 aromatic carbocycles. The Morgan fingerprint density at radius 3 is 2.88 bits per heavy atom. The number of amides is 1. The summed E-state index contributed by atoms with van der Waals surface area (Å²) in [6.07, 6.45) is 11.2. The van der Waals surface area contributed by atoms with Gasteiger partial charge in [-0.05, 0) is 61.8 Å². The van der Waals surface area contributed by atoms with Crippen LogP contribution in [0.25, 0.3) is 0 Å². The molecule has 1 saturated heterocycles. The van der Waals surface area contributed by atoms with E-state index >= 15 is 0 Å². The number of carbonyl (C=O) groups is 1. The van der Waals surface area contributed by atoms with Crippen molar-refractivity contribution < 1.29 is 4.79 Å². The van der Waals surface area contributed by atoms with Gasteiger partial charge in [0.15, 0.2) is 0 Å². The minimum Gasteiger partial charge on any atom is -0.352 e. The Morgan fingerprint density at radius 2 is 2.20 bits per heavy atom. The van der Waals surface area contributed by atoms with Crippen LogP contribution in [-0.2, 0) is 11.3 Å². The first-order valence-electron chi connectivity index (χ1n) is 9.08. The number of allylic oxidation sites excluding steroid dienone is 3. The summed E-state index contributed by atoms with van der Waals surface area (Å²) >= 11 is 1.85. The number of hydrogen-bond donors (Lipinski definition) is 1. The summed E-state index contributed by atoms with van der Waals surface area (Å²) in [5.74, 6) is 0.933. The summed E-state index contributed by atoms with van der Waals surface area (Å²) in [6.45, 7) is 6.98. The molecule has 2 heterocycles. The first kappa shape index (κ1) is 18.2. The molecule has 1 aromatic heterocycles. The summed E-state index contributed by atoms with van der Waals surface area (Å²) < 4.78 is 2.40. The molecule has 4 nitrogen and oxygen atoms in total. The monoisotopic (exact) mass is 357 g/mol. The predicted octanol–water partition coefficient (Wildman–Crippen LogP) is 3.93. The second-order valence-electron chi connectivity index (χ2n) is 7.11. The SMILES string of the molecule is CC1=CC(SN2CCC(C(=O)NCc3cccnc3)CC2)=CC(C)C1. The molecule has 134 valence electrons. The van der Waals surface area contributed by atoms with Crippen molar-refractivity contribution >= 4 is 17.9 Å². The van der Waals surface area contributed by atoms with E-state index in [0.29, 0.717) is 12.5 Å². The molecule has 1 aliphatic carbocycles. The molecule has 0 radical (unpaired) electrons. The molecular formula is C20H27N3OS. The topological polar surface area (TPSA) is 45.2 Å². The van der Waals surface area contributed by atoms with Crippen LogP contribution < -0.4 is 5.32 Å². The van der Waals surface area contributed by atoms with Crippen LogP contribution in [0.5, 0.6) is 0 Å². The number of carbonyl (C=O) groups excluding carboxylic acids is 1. The Bertz CT molecular complexity index is 648. The zero-order valence-corrected chi connectivity index (χ0v) is 15.9. The van der Waals surface area contributed by atoms with Gasteiger partial charge in [0, 0.05) is 42.9 Å². The molecular weight excluding hydrogens is 330 g/mol. The number of nitrogens with zero attached hydrogens (tertiary/aromatic N) is 2. The average molecular weight is 358 g/mol. The molecule has 1 aliphatic heterocycles. The van der Waals surface area contributed by atoms with Crippen molar-refractivity contribution in [1.82, 2.24) is 14.6 Å². The van der Waals surface area contributed by atoms with Gasteiger partial charge in [-0.25, -0.2) is 4.31 Å². The largest absolute Gasteiger partial charge is 0.352 e. The van der Waals surface area contributed by atoms with E-state index in [-0.39, 0.29) is 11.8 Å². The Kier molecular flexibility index (Phi) is 6.32. The van der Waals surface area contributed by atoms with Gasteiger partial charge in [-0.2, -0.15) is 0 Å². The van der Waals surface area contributed by atoms with E-state index in [1.54, 1.807) is 12.4 Å². The van der Waals surface area contributed by atoms with Crippen LogP contribution in [0.4, 0.5) is 0 Å². The second kappa shape index (κ2) is 8.68. The number of pyridine rings is 1. The van der Waals surface area contributed by atoms with Crippen LogP contribution in [0.15, 0.2) is 47.2 Å². The smallest absolute Gasteiger partial charge is 0.223 e. The van der Waals surface area contributed by atoms with Crippen molar-refractivity contribution in [2.24, 2.45) is 11.8 Å². The quantitative estimate of drug-likeness (QED) is 0.811. The van der Waals surface area contributed by atoms with Gasteiger partial charge >= 0.3 is 0 Å². The fourth-order valence-electron chi connectivity index (χ4n) is 3.45. The number of hydrogen-bond acceptors (Lipinski definition) is 4. The lowest BCUT2D eigenvalue weighted by atomic mass is 9.97. The van der Waals surface area contributed by atoms with Gasteiger partial charge < -0.3 is 5.32 Å². The summed E-state index contributed by atoms with van der Waals surface area (Å²) in [5, 5.41) is 3.05. The lowest BCUT2D eigenvalue weighted by Crippen LogP contribution is -2.38. The lowest BCUT2D eigenvalue weighted by molar-refractivity contribution is -0.126. The van der Waals surface area contributed by atoms with Crippen LogP contribution in [0.3, 0.4) is 0 Å². The normalized spacial score (nSPS) is 22.2. The fraction of sp³-hybridized carbons (Fsp3) is 0.500. The predicted molar refractivity (Wildman–Crippen MR) is 104 cm³/mol. The summed E-state index contributed by atoms with van der Waals surface area (Å²) in [4.78, 5) is 17.8. The molecule has 1 atom stereocenters. The van der Waals surface area contributed by atoms with E-state index in [1.807, 2.05) is 24.1 Å². The molecule has 1 N–H and O–H groups in total. The summed E-state index contributed by atoms with van der Waals surface area (Å²) in [5.41, 5.74) is 2.51. The van der Waals surface area contributed by atoms with Crippen LogP contribution in [0.2, 0.25) is 0 Å². The average Bonchev–Trinajstić information content (AvgIpc) is 2.60. The molecule has 5 heteroatoms. The number of aromatic nitrogens is 1. The van der Waals surface area contributed by atoms with Gasteiger partial charge in [0.1, 0.15) is 0 Å². The summed E-state index contributed by atoms with van der Waals surface area (Å²) in [6, 6.07) is 3.88. The zero-order valence-electron chi connectivity index (χ0n) is 15.1. The van der Waals surface area contributed by atoms with Crippen LogP contribution in [0, 0.1) is 11.8 Å². The van der Waals surface area contributed by atoms with Crippen molar-refractivity contribution in [3.63, 3.8) is 0 Å². The van der Waals surface area contributed by atoms with Crippen molar-refractivity contribution in [2.75, 3.05) is 13.1 Å². The molecule has 0 bridgehead atoms. The zero-order chi connectivity index (χ0) is 17.6. The minimum absolute atomic E-state index is 0.130. The maximum atomic E-state index is 12.4. The second-order valence-corrected chi connectivity index (χ2v) is 8.29. The van der Waals surface area contributed by atoms with Crippen molar-refractivity contribution in [2.45, 2.75) is 39.7 Å². The van der Waals surface area contributed by atoms with Crippen LogP contribution in [0.1, 0.15) is 38.7 Å². The molecule has 3 rings (SSSR count). The van der Waals surface area contributed by atoms with E-state index in [0.717, 1.165) is 31.5 Å². The van der Waals surface area contributed by atoms with Crippen LogP contribution in [-0.4, -0.2) is 28.3 Å². The standard InChI is InChI=1S/C20H27N3OS/c1-15-10-16(2)12-19(11-15)25-23-8-5-18(6-9-23)20(24)22-14-17-4-3-7-21-13-17/h3-4,7,11-13,15,18H,5-6,8-10,14H2,1-2H3,(H,22,24). The summed E-state index contributed by atoms with van der Waals surface area (Å²) in [7, 11) is 0. The van der Waals surface area contributed by atoms with E-state index in [1.165, 1.54) is 16.9 Å². The molecule has 2 aliphatic rings. The Morgan fingerprint density at radius 1 is 1.40 bits per heavy atom. The third-order valence-electron chi connectivity index (χ3n) is 4.73. The molecule has 25 heavy (non-hydrogen) atoms. The van der Waals surface area contributed by atoms with Gasteiger partial charge in [-0.3, -0.25) is 9.78 Å². The first-order chi connectivity index (χ1) is 12.1. The molecule has 0 spiro atoms. The van der Waals surface area contributed by atoms with Crippen molar-refractivity contribution in [3.05, 3.63) is 52.7 Å². The number of rotatable bonds is 5. The minimum atomic E-state index is 0.130. The van der Waals surface area contributed by atoms with Gasteiger partial charge in [0.25, 0.3) is 0 Å². The van der Waals surface area contributed by atoms with Gasteiger partial charge in [-0.15, -0.1) is 0 Å².